The van der Waals surface area contributed by atoms with Gasteiger partial charge in [0.05, 0.1) is 12.7 Å². The van der Waals surface area contributed by atoms with Gasteiger partial charge in [-0.3, -0.25) is 0 Å². The molecule has 1 aliphatic carbocycles. The summed E-state index contributed by atoms with van der Waals surface area (Å²) in [5.74, 6) is 1.54. The van der Waals surface area contributed by atoms with Crippen LogP contribution in [0.2, 0.25) is 0 Å². The predicted octanol–water partition coefficient (Wildman–Crippen LogP) is 2.32. The van der Waals surface area contributed by atoms with Crippen LogP contribution in [0.5, 0.6) is 5.88 Å². The second-order valence-electron chi connectivity index (χ2n) is 4.86. The number of aromatic nitrogens is 2. The zero-order valence-electron chi connectivity index (χ0n) is 8.79. The Hall–Kier alpha value is -0.990. The van der Waals surface area contributed by atoms with Crippen molar-refractivity contribution in [1.29, 1.82) is 0 Å². The fourth-order valence-electron chi connectivity index (χ4n) is 2.35. The molecule has 2 heterocycles. The number of ether oxygens (including phenoxy) is 1. The Morgan fingerprint density at radius 3 is 2.86 bits per heavy atom. The van der Waals surface area contributed by atoms with Crippen LogP contribution < -0.4 is 4.74 Å². The highest BCUT2D eigenvalue weighted by Crippen LogP contribution is 2.45. The van der Waals surface area contributed by atoms with Crippen molar-refractivity contribution in [3.05, 3.63) is 11.8 Å². The first kappa shape index (κ1) is 8.33. The Morgan fingerprint density at radius 2 is 2.29 bits per heavy atom. The van der Waals surface area contributed by atoms with Crippen molar-refractivity contribution in [3.8, 4) is 5.88 Å². The van der Waals surface area contributed by atoms with E-state index in [9.17, 15) is 0 Å². The third kappa shape index (κ3) is 0.954. The van der Waals surface area contributed by atoms with Gasteiger partial charge in [-0.05, 0) is 25.2 Å². The monoisotopic (exact) mass is 192 g/mol. The van der Waals surface area contributed by atoms with Crippen molar-refractivity contribution in [3.63, 3.8) is 0 Å². The van der Waals surface area contributed by atoms with Gasteiger partial charge in [-0.15, -0.1) is 0 Å². The highest BCUT2D eigenvalue weighted by molar-refractivity contribution is 5.31. The maximum Gasteiger partial charge on any atom is 0.216 e. The molecule has 0 aromatic carbocycles. The summed E-state index contributed by atoms with van der Waals surface area (Å²) in [7, 11) is 0. The molecular formula is C11H16N2O. The van der Waals surface area contributed by atoms with E-state index >= 15 is 0 Å². The standard InChI is InChI=1S/C11H16N2O/c1-8(2)9-6-12-13-7-11(4-3-5-11)14-10(9)13/h6,8H,3-5,7H2,1-2H3. The van der Waals surface area contributed by atoms with Crippen LogP contribution in [0, 0.1) is 0 Å². The molecule has 3 heteroatoms. The lowest BCUT2D eigenvalue weighted by atomic mass is 9.80. The summed E-state index contributed by atoms with van der Waals surface area (Å²) in [5.41, 5.74) is 1.39. The van der Waals surface area contributed by atoms with Crippen LogP contribution in [0.4, 0.5) is 0 Å². The van der Waals surface area contributed by atoms with Gasteiger partial charge in [0, 0.05) is 5.56 Å². The Balaban J connectivity index is 1.95. The van der Waals surface area contributed by atoms with E-state index in [1.807, 2.05) is 10.9 Å². The van der Waals surface area contributed by atoms with Gasteiger partial charge in [-0.25, -0.2) is 4.68 Å². The largest absolute Gasteiger partial charge is 0.469 e. The van der Waals surface area contributed by atoms with Gasteiger partial charge in [-0.2, -0.15) is 5.10 Å². The van der Waals surface area contributed by atoms with Crippen molar-refractivity contribution < 1.29 is 4.74 Å². The lowest BCUT2D eigenvalue weighted by molar-refractivity contribution is 0.0102. The van der Waals surface area contributed by atoms with Crippen molar-refractivity contribution in [2.75, 3.05) is 0 Å². The van der Waals surface area contributed by atoms with Crippen LogP contribution in [0.25, 0.3) is 0 Å². The molecule has 1 spiro atoms. The Labute approximate surface area is 84.1 Å². The van der Waals surface area contributed by atoms with Gasteiger partial charge in [-0.1, -0.05) is 13.8 Å². The van der Waals surface area contributed by atoms with Crippen LogP contribution in [-0.2, 0) is 6.54 Å². The number of hydrogen-bond donors (Lipinski definition) is 0. The van der Waals surface area contributed by atoms with Crippen LogP contribution in [0.15, 0.2) is 6.20 Å². The second-order valence-corrected chi connectivity index (χ2v) is 4.86. The zero-order valence-corrected chi connectivity index (χ0v) is 8.79. The summed E-state index contributed by atoms with van der Waals surface area (Å²) < 4.78 is 8.10. The molecule has 14 heavy (non-hydrogen) atoms. The fraction of sp³-hybridized carbons (Fsp3) is 0.727. The van der Waals surface area contributed by atoms with Crippen molar-refractivity contribution in [1.82, 2.24) is 9.78 Å². The molecule has 2 aliphatic rings. The number of fused-ring (bicyclic) bond motifs is 1. The number of rotatable bonds is 1. The molecular weight excluding hydrogens is 176 g/mol. The Bertz CT molecular complexity index is 363. The van der Waals surface area contributed by atoms with Crippen LogP contribution in [-0.4, -0.2) is 15.4 Å². The van der Waals surface area contributed by atoms with Crippen LogP contribution in [0.3, 0.4) is 0 Å². The van der Waals surface area contributed by atoms with E-state index in [-0.39, 0.29) is 5.60 Å². The van der Waals surface area contributed by atoms with Crippen molar-refractivity contribution >= 4 is 0 Å². The Kier molecular flexibility index (Phi) is 1.50. The smallest absolute Gasteiger partial charge is 0.216 e. The molecule has 0 radical (unpaired) electrons. The van der Waals surface area contributed by atoms with E-state index < -0.39 is 0 Å². The van der Waals surface area contributed by atoms with E-state index in [1.54, 1.807) is 0 Å². The van der Waals surface area contributed by atoms with Crippen molar-refractivity contribution in [2.24, 2.45) is 0 Å². The molecule has 1 aromatic heterocycles. The summed E-state index contributed by atoms with van der Waals surface area (Å²) >= 11 is 0. The van der Waals surface area contributed by atoms with Crippen LogP contribution in [0.1, 0.15) is 44.6 Å². The maximum absolute atomic E-state index is 6.06. The van der Waals surface area contributed by atoms with E-state index in [2.05, 4.69) is 18.9 Å². The number of hydrogen-bond acceptors (Lipinski definition) is 2. The first-order valence-corrected chi connectivity index (χ1v) is 5.45. The average Bonchev–Trinajstić information content (AvgIpc) is 2.55. The summed E-state index contributed by atoms with van der Waals surface area (Å²) in [6, 6.07) is 0. The second kappa shape index (κ2) is 2.53. The molecule has 0 unspecified atom stereocenters. The fourth-order valence-corrected chi connectivity index (χ4v) is 2.35. The zero-order chi connectivity index (χ0) is 9.76. The van der Waals surface area contributed by atoms with E-state index in [1.165, 1.54) is 24.8 Å². The molecule has 3 nitrogen and oxygen atoms in total. The highest BCUT2D eigenvalue weighted by atomic mass is 16.5. The van der Waals surface area contributed by atoms with Crippen LogP contribution >= 0.6 is 0 Å². The topological polar surface area (TPSA) is 27.1 Å². The molecule has 1 aliphatic heterocycles. The molecule has 1 fully saturated rings. The first-order valence-electron chi connectivity index (χ1n) is 5.45. The van der Waals surface area contributed by atoms with Gasteiger partial charge in [0.1, 0.15) is 5.60 Å². The SMILES string of the molecule is CC(C)c1cnn2c1OC1(CCC1)C2. The third-order valence-corrected chi connectivity index (χ3v) is 3.46. The minimum absolute atomic E-state index is 0.132. The Morgan fingerprint density at radius 1 is 1.50 bits per heavy atom. The van der Waals surface area contributed by atoms with Gasteiger partial charge in [0.2, 0.25) is 5.88 Å². The van der Waals surface area contributed by atoms with E-state index in [4.69, 9.17) is 4.74 Å². The lowest BCUT2D eigenvalue weighted by Gasteiger charge is -2.36. The summed E-state index contributed by atoms with van der Waals surface area (Å²) in [6.07, 6.45) is 5.66. The van der Waals surface area contributed by atoms with Gasteiger partial charge >= 0.3 is 0 Å². The molecule has 3 rings (SSSR count). The molecule has 1 saturated carbocycles. The molecule has 76 valence electrons. The molecule has 0 saturated heterocycles. The van der Waals surface area contributed by atoms with Gasteiger partial charge in [0.15, 0.2) is 0 Å². The van der Waals surface area contributed by atoms with Crippen molar-refractivity contribution in [2.45, 2.75) is 51.2 Å². The average molecular weight is 192 g/mol. The molecule has 0 bridgehead atoms. The summed E-state index contributed by atoms with van der Waals surface area (Å²) in [6.45, 7) is 5.34. The van der Waals surface area contributed by atoms with E-state index in [0.29, 0.717) is 5.92 Å². The maximum atomic E-state index is 6.06. The predicted molar refractivity (Wildman–Crippen MR) is 53.5 cm³/mol. The minimum atomic E-state index is 0.132. The highest BCUT2D eigenvalue weighted by Gasteiger charge is 2.46. The minimum Gasteiger partial charge on any atom is -0.469 e. The molecule has 0 atom stereocenters. The summed E-state index contributed by atoms with van der Waals surface area (Å²) in [5, 5.41) is 4.39. The summed E-state index contributed by atoms with van der Waals surface area (Å²) in [4.78, 5) is 0. The quantitative estimate of drug-likeness (QED) is 0.682. The van der Waals surface area contributed by atoms with E-state index in [0.717, 1.165) is 12.4 Å². The molecule has 1 aromatic rings. The van der Waals surface area contributed by atoms with Gasteiger partial charge in [0.25, 0.3) is 0 Å². The number of nitrogens with zero attached hydrogens (tertiary/aromatic N) is 2. The normalized spacial score (nSPS) is 22.2. The molecule has 0 N–H and O–H groups in total. The van der Waals surface area contributed by atoms with Gasteiger partial charge < -0.3 is 4.74 Å². The third-order valence-electron chi connectivity index (χ3n) is 3.46. The first-order chi connectivity index (χ1) is 6.70. The molecule has 0 amide bonds. The lowest BCUT2D eigenvalue weighted by Crippen LogP contribution is -2.42.